The van der Waals surface area contributed by atoms with Gasteiger partial charge in [-0.25, -0.2) is 4.39 Å². The van der Waals surface area contributed by atoms with Gasteiger partial charge in [-0.05, 0) is 30.4 Å². The summed E-state index contributed by atoms with van der Waals surface area (Å²) in [5, 5.41) is 3.58. The lowest BCUT2D eigenvalue weighted by molar-refractivity contribution is -0.116. The van der Waals surface area contributed by atoms with E-state index in [1.807, 2.05) is 0 Å². The van der Waals surface area contributed by atoms with E-state index in [9.17, 15) is 9.18 Å². The standard InChI is InChI=1S/C18H16Cl2FN3O3S/c1-26-15-9-14(16(27-2)8-12(15)20)22-18(28)24-23-17(25)6-4-10-3-5-11(19)7-13(10)21/h3-9H,1-2H3,(H,23,25)(H2,22,24,28)/b6-4+. The van der Waals surface area contributed by atoms with Gasteiger partial charge in [-0.15, -0.1) is 0 Å². The molecule has 6 nitrogen and oxygen atoms in total. The van der Waals surface area contributed by atoms with Crippen LogP contribution in [0.2, 0.25) is 10.0 Å². The average Bonchev–Trinajstić information content (AvgIpc) is 2.66. The molecule has 2 rings (SSSR count). The van der Waals surface area contributed by atoms with E-state index in [1.165, 1.54) is 32.4 Å². The monoisotopic (exact) mass is 443 g/mol. The van der Waals surface area contributed by atoms with E-state index in [4.69, 9.17) is 44.9 Å². The van der Waals surface area contributed by atoms with Crippen molar-refractivity contribution in [1.29, 1.82) is 0 Å². The van der Waals surface area contributed by atoms with Gasteiger partial charge in [-0.2, -0.15) is 0 Å². The summed E-state index contributed by atoms with van der Waals surface area (Å²) in [6.07, 6.45) is 2.46. The number of carbonyl (C=O) groups is 1. The number of nitrogens with one attached hydrogen (secondary N) is 3. The molecule has 0 fully saturated rings. The van der Waals surface area contributed by atoms with Crippen LogP contribution in [0.3, 0.4) is 0 Å². The molecule has 0 atom stereocenters. The molecule has 0 saturated carbocycles. The number of amides is 1. The quantitative estimate of drug-likeness (QED) is 0.365. The highest BCUT2D eigenvalue weighted by molar-refractivity contribution is 7.80. The maximum absolute atomic E-state index is 13.7. The number of anilines is 1. The molecule has 0 bridgehead atoms. The van der Waals surface area contributed by atoms with Gasteiger partial charge in [-0.1, -0.05) is 29.3 Å². The summed E-state index contributed by atoms with van der Waals surface area (Å²) in [6.45, 7) is 0. The first-order chi connectivity index (χ1) is 13.3. The Kier molecular flexibility index (Phi) is 7.86. The Morgan fingerprint density at radius 3 is 2.46 bits per heavy atom. The number of carbonyl (C=O) groups excluding carboxylic acids is 1. The van der Waals surface area contributed by atoms with Gasteiger partial charge < -0.3 is 14.8 Å². The van der Waals surface area contributed by atoms with Crippen molar-refractivity contribution in [3.63, 3.8) is 0 Å². The van der Waals surface area contributed by atoms with E-state index in [0.717, 1.165) is 12.1 Å². The lowest BCUT2D eigenvalue weighted by Crippen LogP contribution is -2.43. The lowest BCUT2D eigenvalue weighted by atomic mass is 10.2. The predicted molar refractivity (Wildman–Crippen MR) is 112 cm³/mol. The van der Waals surface area contributed by atoms with Crippen LogP contribution in [0.15, 0.2) is 36.4 Å². The van der Waals surface area contributed by atoms with Crippen molar-refractivity contribution in [3.8, 4) is 11.5 Å². The number of hydrogen-bond donors (Lipinski definition) is 3. The molecule has 1 amide bonds. The van der Waals surface area contributed by atoms with Crippen molar-refractivity contribution in [2.45, 2.75) is 0 Å². The Bertz CT molecular complexity index is 925. The smallest absolute Gasteiger partial charge is 0.262 e. The van der Waals surface area contributed by atoms with Gasteiger partial charge in [0.25, 0.3) is 5.91 Å². The summed E-state index contributed by atoms with van der Waals surface area (Å²) in [4.78, 5) is 11.9. The highest BCUT2D eigenvalue weighted by atomic mass is 35.5. The number of benzene rings is 2. The van der Waals surface area contributed by atoms with Crippen LogP contribution in [-0.4, -0.2) is 25.2 Å². The number of hydrogen-bond acceptors (Lipinski definition) is 4. The number of thiocarbonyl (C=S) groups is 1. The molecule has 28 heavy (non-hydrogen) atoms. The minimum absolute atomic E-state index is 0.0853. The summed E-state index contributed by atoms with van der Waals surface area (Å²) in [5.74, 6) is -0.228. The van der Waals surface area contributed by atoms with Crippen LogP contribution in [0.5, 0.6) is 11.5 Å². The van der Waals surface area contributed by atoms with Crippen molar-refractivity contribution in [3.05, 3.63) is 57.8 Å². The molecule has 0 aliphatic rings. The fraction of sp³-hybridized carbons (Fsp3) is 0.111. The second kappa shape index (κ2) is 10.1. The van der Waals surface area contributed by atoms with Crippen LogP contribution in [0.4, 0.5) is 10.1 Å². The predicted octanol–water partition coefficient (Wildman–Crippen LogP) is 4.18. The number of rotatable bonds is 5. The maximum Gasteiger partial charge on any atom is 0.262 e. The molecule has 2 aromatic carbocycles. The minimum Gasteiger partial charge on any atom is -0.495 e. The Labute approximate surface area is 176 Å². The zero-order valence-electron chi connectivity index (χ0n) is 14.8. The third kappa shape index (κ3) is 5.98. The molecule has 3 N–H and O–H groups in total. The molecule has 148 valence electrons. The Morgan fingerprint density at radius 1 is 1.11 bits per heavy atom. The van der Waals surface area contributed by atoms with Gasteiger partial charge >= 0.3 is 0 Å². The lowest BCUT2D eigenvalue weighted by Gasteiger charge is -2.15. The van der Waals surface area contributed by atoms with E-state index in [1.54, 1.807) is 12.1 Å². The molecule has 0 aliphatic carbocycles. The van der Waals surface area contributed by atoms with Crippen LogP contribution in [0.25, 0.3) is 6.08 Å². The zero-order chi connectivity index (χ0) is 20.7. The molecular formula is C18H16Cl2FN3O3S. The van der Waals surface area contributed by atoms with Crippen molar-refractivity contribution in [1.82, 2.24) is 10.9 Å². The fourth-order valence-electron chi connectivity index (χ4n) is 2.07. The van der Waals surface area contributed by atoms with E-state index in [-0.39, 0.29) is 15.7 Å². The summed E-state index contributed by atoms with van der Waals surface area (Å²) < 4.78 is 24.0. The highest BCUT2D eigenvalue weighted by Gasteiger charge is 2.11. The van der Waals surface area contributed by atoms with Crippen molar-refractivity contribution >= 4 is 58.2 Å². The molecule has 0 spiro atoms. The van der Waals surface area contributed by atoms with Gasteiger partial charge in [0.2, 0.25) is 0 Å². The van der Waals surface area contributed by atoms with Crippen LogP contribution in [0, 0.1) is 5.82 Å². The number of ether oxygens (including phenoxy) is 2. The van der Waals surface area contributed by atoms with Crippen LogP contribution in [0.1, 0.15) is 5.56 Å². The molecule has 0 aromatic heterocycles. The molecule has 10 heteroatoms. The van der Waals surface area contributed by atoms with Crippen molar-refractivity contribution in [2.75, 3.05) is 19.5 Å². The summed E-state index contributed by atoms with van der Waals surface area (Å²) in [7, 11) is 2.95. The second-order valence-corrected chi connectivity index (χ2v) is 6.51. The van der Waals surface area contributed by atoms with Gasteiger partial charge in [-0.3, -0.25) is 15.6 Å². The Morgan fingerprint density at radius 2 is 1.82 bits per heavy atom. The first-order valence-electron chi connectivity index (χ1n) is 7.75. The Hall–Kier alpha value is -2.55. The maximum atomic E-state index is 13.7. The summed E-state index contributed by atoms with van der Waals surface area (Å²) in [5.41, 5.74) is 5.58. The van der Waals surface area contributed by atoms with Crippen LogP contribution in [-0.2, 0) is 4.79 Å². The van der Waals surface area contributed by atoms with Crippen LogP contribution >= 0.6 is 35.4 Å². The van der Waals surface area contributed by atoms with Gasteiger partial charge in [0.1, 0.15) is 17.3 Å². The van der Waals surface area contributed by atoms with Gasteiger partial charge in [0.15, 0.2) is 5.11 Å². The molecule has 2 aromatic rings. The SMILES string of the molecule is COc1cc(NC(=S)NNC(=O)/C=C/c2ccc(Cl)cc2F)c(OC)cc1Cl. The van der Waals surface area contributed by atoms with E-state index in [0.29, 0.717) is 22.2 Å². The first-order valence-corrected chi connectivity index (χ1v) is 8.92. The van der Waals surface area contributed by atoms with Crippen molar-refractivity contribution < 1.29 is 18.7 Å². The largest absolute Gasteiger partial charge is 0.495 e. The first kappa shape index (κ1) is 21.7. The molecule has 0 radical (unpaired) electrons. The summed E-state index contributed by atoms with van der Waals surface area (Å²) in [6, 6.07) is 7.30. The molecular weight excluding hydrogens is 428 g/mol. The third-order valence-corrected chi connectivity index (χ3v) is 4.13. The molecule has 0 unspecified atom stereocenters. The third-order valence-electron chi connectivity index (χ3n) is 3.40. The Balaban J connectivity index is 1.95. The summed E-state index contributed by atoms with van der Waals surface area (Å²) >= 11 is 16.8. The van der Waals surface area contributed by atoms with Crippen molar-refractivity contribution in [2.24, 2.45) is 0 Å². The normalized spacial score (nSPS) is 10.5. The van der Waals surface area contributed by atoms with E-state index in [2.05, 4.69) is 16.2 Å². The highest BCUT2D eigenvalue weighted by Crippen LogP contribution is 2.35. The number of methoxy groups -OCH3 is 2. The average molecular weight is 444 g/mol. The molecule has 0 heterocycles. The number of halogens is 3. The second-order valence-electron chi connectivity index (χ2n) is 5.25. The van der Waals surface area contributed by atoms with E-state index < -0.39 is 11.7 Å². The van der Waals surface area contributed by atoms with E-state index >= 15 is 0 Å². The number of hydrazine groups is 1. The topological polar surface area (TPSA) is 71.6 Å². The van der Waals surface area contributed by atoms with Gasteiger partial charge in [0.05, 0.1) is 24.9 Å². The van der Waals surface area contributed by atoms with Gasteiger partial charge in [0, 0.05) is 28.8 Å². The fourth-order valence-corrected chi connectivity index (χ4v) is 2.62. The molecule has 0 saturated heterocycles. The minimum atomic E-state index is -0.542. The van der Waals surface area contributed by atoms with Crippen LogP contribution < -0.4 is 25.6 Å². The zero-order valence-corrected chi connectivity index (χ0v) is 17.1. The molecule has 0 aliphatic heterocycles.